The Hall–Kier alpha value is -0.620. The first kappa shape index (κ1) is 112. The molecule has 0 amide bonds. The second-order valence-corrected chi connectivity index (χ2v) is 44.7. The summed E-state index contributed by atoms with van der Waals surface area (Å²) >= 11 is 0. The van der Waals surface area contributed by atoms with Gasteiger partial charge in [0, 0.05) is 65.1 Å². The summed E-state index contributed by atoms with van der Waals surface area (Å²) in [5, 5.41) is 0. The van der Waals surface area contributed by atoms with E-state index in [1.807, 2.05) is 0 Å². The molecule has 0 aromatic rings. The van der Waals surface area contributed by atoms with Crippen LogP contribution in [0.3, 0.4) is 0 Å². The molecule has 0 aromatic heterocycles. The zero-order valence-electron chi connectivity index (χ0n) is 83.9. The van der Waals surface area contributed by atoms with Crippen LogP contribution in [0.2, 0.25) is 0 Å². The van der Waals surface area contributed by atoms with Crippen LogP contribution in [-0.4, -0.2) is 251 Å². The summed E-state index contributed by atoms with van der Waals surface area (Å²) in [4.78, 5) is 16.7. The van der Waals surface area contributed by atoms with Gasteiger partial charge < -0.3 is 43.3 Å². The van der Waals surface area contributed by atoms with Crippen molar-refractivity contribution in [2.75, 3.05) is 192 Å². The van der Waals surface area contributed by atoms with Crippen LogP contribution in [0.5, 0.6) is 0 Å². The minimum atomic E-state index is -0.892. The molecule has 12 fully saturated rings. The van der Waals surface area contributed by atoms with Gasteiger partial charge in [0.25, 0.3) is 0 Å². The van der Waals surface area contributed by atoms with E-state index in [9.17, 15) is 8.78 Å². The van der Waals surface area contributed by atoms with Crippen LogP contribution in [0.4, 0.5) is 8.78 Å². The van der Waals surface area contributed by atoms with E-state index in [1.54, 1.807) is 6.92 Å². The van der Waals surface area contributed by atoms with Crippen LogP contribution in [0, 0.1) is 135 Å². The monoisotopic (exact) mass is 1640 g/mol. The molecular weight excluding hydrogens is 1430 g/mol. The van der Waals surface area contributed by atoms with Gasteiger partial charge in [-0.1, -0.05) is 208 Å². The SMILES string of the molecule is CC(C)C(C)(C)C.CC(C)C1(C)CC1.CC(C)C1CCN(C)CC1.CC(C)C1CCN(C)CC1C.CC(C)C1CCN(C2COC2)CC1C.CC(C)C1CCN(C2COC2)CC1F.CC(C)C1CCOC1.CC(C)C1CCOCC1.CC(C)C1COC1.CC(C)CCN(C)C.CC(C)CCN1CC(C)(F)C1.CC(C)CCN1CCC1. The van der Waals surface area contributed by atoms with Crippen LogP contribution in [0.25, 0.3) is 0 Å². The highest BCUT2D eigenvalue weighted by molar-refractivity contribution is 4.93. The Balaban J connectivity index is 0.000000632. The average Bonchev–Trinajstić information content (AvgIpc) is 1.70. The van der Waals surface area contributed by atoms with Gasteiger partial charge in [0.2, 0.25) is 0 Å². The van der Waals surface area contributed by atoms with E-state index in [1.165, 1.54) is 149 Å². The minimum Gasteiger partial charge on any atom is -0.381 e. The van der Waals surface area contributed by atoms with Gasteiger partial charge in [0.05, 0.1) is 51.7 Å². The van der Waals surface area contributed by atoms with E-state index in [2.05, 4.69) is 270 Å². The van der Waals surface area contributed by atoms with Gasteiger partial charge in [-0.15, -0.1) is 0 Å². The summed E-state index contributed by atoms with van der Waals surface area (Å²) < 4.78 is 52.6. The van der Waals surface area contributed by atoms with E-state index in [4.69, 9.17) is 23.7 Å². The molecule has 14 heteroatoms. The highest BCUT2D eigenvalue weighted by Gasteiger charge is 2.41. The Morgan fingerprint density at radius 2 is 0.783 bits per heavy atom. The maximum absolute atomic E-state index is 13.8. The van der Waals surface area contributed by atoms with Gasteiger partial charge in [-0.05, 0) is 320 Å². The van der Waals surface area contributed by atoms with E-state index in [-0.39, 0.29) is 5.92 Å². The van der Waals surface area contributed by atoms with Gasteiger partial charge in [-0.25, -0.2) is 8.78 Å². The third-order valence-electron chi connectivity index (χ3n) is 28.5. The second-order valence-electron chi connectivity index (χ2n) is 44.7. The minimum absolute atomic E-state index is 0.271. The Bertz CT molecular complexity index is 2190. The lowest BCUT2D eigenvalue weighted by atomic mass is 9.79. The smallest absolute Gasteiger partial charge is 0.133 e. The number of rotatable bonds is 19. The fourth-order valence-electron chi connectivity index (χ4n) is 16.4. The topological polar surface area (TPSA) is 68.8 Å². The highest BCUT2D eigenvalue weighted by Crippen LogP contribution is 2.51. The third kappa shape index (κ3) is 51.4. The fourth-order valence-corrected chi connectivity index (χ4v) is 16.4. The van der Waals surface area contributed by atoms with Gasteiger partial charge >= 0.3 is 0 Å². The normalized spacial score (nSPS) is 26.4. The maximum Gasteiger partial charge on any atom is 0.133 e. The lowest BCUT2D eigenvalue weighted by Crippen LogP contribution is -2.57. The summed E-state index contributed by atoms with van der Waals surface area (Å²) in [6, 6.07) is 1.24. The zero-order chi connectivity index (χ0) is 87.5. The molecule has 11 saturated heterocycles. The van der Waals surface area contributed by atoms with Crippen LogP contribution >= 0.6 is 0 Å². The van der Waals surface area contributed by atoms with Crippen molar-refractivity contribution in [1.82, 2.24) is 34.3 Å². The highest BCUT2D eigenvalue weighted by atomic mass is 19.1. The average molecular weight is 1640 g/mol. The van der Waals surface area contributed by atoms with Gasteiger partial charge in [0.1, 0.15) is 11.8 Å². The second kappa shape index (κ2) is 60.1. The molecule has 1 aliphatic carbocycles. The predicted molar refractivity (Wildman–Crippen MR) is 499 cm³/mol. The van der Waals surface area contributed by atoms with E-state index in [0.29, 0.717) is 37.0 Å². The molecule has 11 heterocycles. The van der Waals surface area contributed by atoms with Crippen LogP contribution in [0.15, 0.2) is 0 Å². The Morgan fingerprint density at radius 1 is 0.409 bits per heavy atom. The van der Waals surface area contributed by atoms with E-state index < -0.39 is 11.8 Å². The van der Waals surface area contributed by atoms with Crippen molar-refractivity contribution in [2.24, 2.45) is 135 Å². The molecule has 7 unspecified atom stereocenters. The van der Waals surface area contributed by atoms with Gasteiger partial charge in [-0.2, -0.15) is 0 Å². The first-order chi connectivity index (χ1) is 53.6. The molecule has 115 heavy (non-hydrogen) atoms. The third-order valence-corrected chi connectivity index (χ3v) is 28.5. The molecule has 0 radical (unpaired) electrons. The quantitative estimate of drug-likeness (QED) is 0.124. The van der Waals surface area contributed by atoms with Crippen molar-refractivity contribution in [3.8, 4) is 0 Å². The summed E-state index contributed by atoms with van der Waals surface area (Å²) in [5.74, 6) is 17.3. The number of likely N-dealkylation sites (tertiary alicyclic amines) is 6. The summed E-state index contributed by atoms with van der Waals surface area (Å²) in [7, 11) is 8.67. The van der Waals surface area contributed by atoms with Crippen molar-refractivity contribution >= 4 is 0 Å². The molecule has 7 atom stereocenters. The predicted octanol–water partition coefficient (Wildman–Crippen LogP) is 23.5. The van der Waals surface area contributed by atoms with E-state index >= 15 is 0 Å². The summed E-state index contributed by atoms with van der Waals surface area (Å²) in [5.41, 5.74) is 0.358. The molecule has 11 aliphatic heterocycles. The van der Waals surface area contributed by atoms with Crippen molar-refractivity contribution in [3.63, 3.8) is 0 Å². The number of piperidine rings is 4. The number of nitrogens with zero attached hydrogens (tertiary/aromatic N) is 7. The van der Waals surface area contributed by atoms with Crippen molar-refractivity contribution in [3.05, 3.63) is 0 Å². The van der Waals surface area contributed by atoms with Crippen LogP contribution < -0.4 is 0 Å². The van der Waals surface area contributed by atoms with Gasteiger partial charge in [-0.3, -0.25) is 14.7 Å². The van der Waals surface area contributed by atoms with Crippen molar-refractivity contribution < 1.29 is 32.5 Å². The lowest BCUT2D eigenvalue weighted by Gasteiger charge is -2.45. The largest absolute Gasteiger partial charge is 0.381 e. The zero-order valence-corrected chi connectivity index (χ0v) is 83.9. The molecular formula is C101H207F2N7O5. The van der Waals surface area contributed by atoms with Crippen molar-refractivity contribution in [1.29, 1.82) is 0 Å². The number of ether oxygens (including phenoxy) is 5. The molecule has 0 aromatic carbocycles. The molecule has 12 nitrogen and oxygen atoms in total. The summed E-state index contributed by atoms with van der Waals surface area (Å²) in [6.07, 6.45) is 18.0. The standard InChI is InChI=1S/C12H23NO.C11H20FNO.C10H21N.C9H18FN.C9H19N.C8H17N.C8H16O.C7H17N.C7H14O.C7H14.C7H16.C6H12O/c1-9(2)12-4-5-13(6-10(12)3)11-7-14-8-11;1-8(2)10-3-4-13(5-11(10)12)9-6-14-7-9;1-8(2)10-5-6-11(4)7-9(10)3;1-8(2)4-5-11-6-9(3,10)7-11;1-8(2)9-4-6-10(3)7-5-9;1-8(2)4-7-9-5-3-6-9;1-7(2)8-3-5-9-6-4-8;1-7(2)5-6-8(3)4;1-6(2)7-3-4-8-5-7;1-6(2)7(3)4-5-7;1-6(2)7(3,4)5;1-5(2)6-3-7-4-6/h9-12H,4-8H2,1-3H3;8-11H,3-7H2,1-2H3;8-10H,5-7H2,1-4H3;8H,4-7H2,1-3H3;8-9H,4-7H2,1-3H3;8H,3-7H2,1-2H3;7-8H,3-6H2,1-2H3;7H,5-6H2,1-4H3;6-7H,3-5H2,1-2H3;6H,4-5H2,1-3H3;6H,1-5H3;5-6H,3-4H2,1-2H3. The number of hydrogen-bond acceptors (Lipinski definition) is 12. The number of halogens is 2. The van der Waals surface area contributed by atoms with E-state index in [0.717, 1.165) is 209 Å². The lowest BCUT2D eigenvalue weighted by molar-refractivity contribution is -0.0883. The number of alkyl halides is 2. The molecule has 12 rings (SSSR count). The summed E-state index contributed by atoms with van der Waals surface area (Å²) in [6.45, 7) is 96.8. The molecule has 0 bridgehead atoms. The number of hydrogen-bond donors (Lipinski definition) is 0. The van der Waals surface area contributed by atoms with Crippen LogP contribution in [0.1, 0.15) is 305 Å². The fraction of sp³-hybridized carbons (Fsp3) is 1.00. The van der Waals surface area contributed by atoms with Crippen LogP contribution in [-0.2, 0) is 23.7 Å². The Labute approximate surface area is 718 Å². The molecule has 0 spiro atoms. The molecule has 690 valence electrons. The van der Waals surface area contributed by atoms with Gasteiger partial charge in [0.15, 0.2) is 0 Å². The maximum atomic E-state index is 13.8. The Kier molecular flexibility index (Phi) is 58.7. The molecule has 12 aliphatic rings. The molecule has 0 N–H and O–H groups in total. The Morgan fingerprint density at radius 3 is 1.04 bits per heavy atom. The molecule has 1 saturated carbocycles. The first-order valence-electron chi connectivity index (χ1n) is 48.8. The van der Waals surface area contributed by atoms with Crippen molar-refractivity contribution in [2.45, 2.75) is 328 Å². The first-order valence-corrected chi connectivity index (χ1v) is 48.8.